The smallest absolute Gasteiger partial charge is 0.00915 e. The maximum atomic E-state index is 2.50. The summed E-state index contributed by atoms with van der Waals surface area (Å²) in [7, 11) is 0. The second-order valence-corrected chi connectivity index (χ2v) is 4.52. The van der Waals surface area contributed by atoms with Gasteiger partial charge in [-0.05, 0) is 49.2 Å². The van der Waals surface area contributed by atoms with Crippen molar-refractivity contribution in [2.75, 3.05) is 0 Å². The maximum absolute atomic E-state index is 2.50. The number of hydrogen-bond acceptors (Lipinski definition) is 0. The highest BCUT2D eigenvalue weighted by atomic mass is 14.3. The van der Waals surface area contributed by atoms with Crippen LogP contribution in [0.15, 0.2) is 34.9 Å². The molecular weight excluding hydrogens is 156 g/mol. The molecule has 3 aliphatic carbocycles. The number of rotatable bonds is 0. The van der Waals surface area contributed by atoms with Crippen molar-refractivity contribution >= 4 is 0 Å². The van der Waals surface area contributed by atoms with Gasteiger partial charge in [0.2, 0.25) is 0 Å². The van der Waals surface area contributed by atoms with Crippen molar-refractivity contribution < 1.29 is 0 Å². The second kappa shape index (κ2) is 2.87. The molecule has 0 aromatic heterocycles. The van der Waals surface area contributed by atoms with Crippen LogP contribution >= 0.6 is 0 Å². The van der Waals surface area contributed by atoms with Crippen molar-refractivity contribution in [3.63, 3.8) is 0 Å². The topological polar surface area (TPSA) is 0 Å². The van der Waals surface area contributed by atoms with Crippen molar-refractivity contribution in [1.29, 1.82) is 0 Å². The first kappa shape index (κ1) is 7.61. The molecule has 0 radical (unpaired) electrons. The largest absolute Gasteiger partial charge is 0.0798 e. The lowest BCUT2D eigenvalue weighted by Gasteiger charge is -2.29. The lowest BCUT2D eigenvalue weighted by molar-refractivity contribution is 0.446. The SMILES string of the molecule is C1=CC2=C(C=C3CCCCC3C2)C1. The van der Waals surface area contributed by atoms with Crippen molar-refractivity contribution in [2.45, 2.75) is 38.5 Å². The number of hydrogen-bond donors (Lipinski definition) is 0. The Hall–Kier alpha value is -0.780. The molecule has 1 fully saturated rings. The molecule has 0 N–H and O–H groups in total. The molecule has 0 aliphatic heterocycles. The quantitative estimate of drug-likeness (QED) is 0.522. The van der Waals surface area contributed by atoms with Gasteiger partial charge in [0.15, 0.2) is 0 Å². The molecule has 0 aromatic rings. The Bertz CT molecular complexity index is 315. The van der Waals surface area contributed by atoms with Gasteiger partial charge in [0, 0.05) is 0 Å². The number of allylic oxidation sites excluding steroid dienone is 6. The van der Waals surface area contributed by atoms with Crippen LogP contribution in [0.4, 0.5) is 0 Å². The summed E-state index contributed by atoms with van der Waals surface area (Å²) in [6.07, 6.45) is 15.4. The van der Waals surface area contributed by atoms with Gasteiger partial charge in [-0.25, -0.2) is 0 Å². The van der Waals surface area contributed by atoms with Crippen LogP contribution in [0.1, 0.15) is 38.5 Å². The summed E-state index contributed by atoms with van der Waals surface area (Å²) >= 11 is 0. The van der Waals surface area contributed by atoms with Crippen molar-refractivity contribution in [2.24, 2.45) is 5.92 Å². The van der Waals surface area contributed by atoms with Crippen LogP contribution in [0.5, 0.6) is 0 Å². The van der Waals surface area contributed by atoms with E-state index in [0.717, 1.165) is 5.92 Å². The molecule has 13 heavy (non-hydrogen) atoms. The molecule has 0 nitrogen and oxygen atoms in total. The van der Waals surface area contributed by atoms with Gasteiger partial charge < -0.3 is 0 Å². The van der Waals surface area contributed by atoms with Gasteiger partial charge in [-0.1, -0.05) is 30.2 Å². The number of fused-ring (bicyclic) bond motifs is 1. The van der Waals surface area contributed by atoms with Crippen molar-refractivity contribution in [3.05, 3.63) is 34.9 Å². The Balaban J connectivity index is 1.93. The Morgan fingerprint density at radius 1 is 1.15 bits per heavy atom. The fourth-order valence-electron chi connectivity index (χ4n) is 2.94. The molecule has 3 aliphatic rings. The molecule has 1 atom stereocenters. The van der Waals surface area contributed by atoms with E-state index in [1.165, 1.54) is 38.5 Å². The fraction of sp³-hybridized carbons (Fsp3) is 0.538. The summed E-state index contributed by atoms with van der Waals surface area (Å²) in [5.74, 6) is 0.912. The van der Waals surface area contributed by atoms with E-state index >= 15 is 0 Å². The minimum Gasteiger partial charge on any atom is -0.0798 e. The molecule has 0 saturated heterocycles. The molecule has 3 rings (SSSR count). The van der Waals surface area contributed by atoms with E-state index in [2.05, 4.69) is 18.2 Å². The minimum absolute atomic E-state index is 0.912. The predicted octanol–water partition coefficient (Wildman–Crippen LogP) is 3.76. The summed E-state index contributed by atoms with van der Waals surface area (Å²) in [5.41, 5.74) is 5.01. The molecule has 0 spiro atoms. The first-order valence-corrected chi connectivity index (χ1v) is 5.52. The molecule has 1 saturated carbocycles. The summed E-state index contributed by atoms with van der Waals surface area (Å²) in [5, 5.41) is 0. The van der Waals surface area contributed by atoms with Crippen LogP contribution in [-0.4, -0.2) is 0 Å². The monoisotopic (exact) mass is 172 g/mol. The van der Waals surface area contributed by atoms with E-state index < -0.39 is 0 Å². The Labute approximate surface area is 80.0 Å². The van der Waals surface area contributed by atoms with Gasteiger partial charge in [-0.2, -0.15) is 0 Å². The third kappa shape index (κ3) is 1.20. The van der Waals surface area contributed by atoms with E-state index in [-0.39, 0.29) is 0 Å². The molecule has 0 heterocycles. The van der Waals surface area contributed by atoms with Crippen molar-refractivity contribution in [1.82, 2.24) is 0 Å². The normalized spacial score (nSPS) is 31.4. The zero-order valence-electron chi connectivity index (χ0n) is 8.05. The van der Waals surface area contributed by atoms with Gasteiger partial charge in [0.25, 0.3) is 0 Å². The van der Waals surface area contributed by atoms with Crippen molar-refractivity contribution in [3.8, 4) is 0 Å². The van der Waals surface area contributed by atoms with Crippen LogP contribution in [0.2, 0.25) is 0 Å². The van der Waals surface area contributed by atoms with Crippen LogP contribution in [0, 0.1) is 5.92 Å². The molecule has 68 valence electrons. The highest BCUT2D eigenvalue weighted by molar-refractivity contribution is 5.46. The van der Waals surface area contributed by atoms with Gasteiger partial charge >= 0.3 is 0 Å². The zero-order valence-corrected chi connectivity index (χ0v) is 8.05. The van der Waals surface area contributed by atoms with E-state index in [9.17, 15) is 0 Å². The highest BCUT2D eigenvalue weighted by Gasteiger charge is 2.25. The van der Waals surface area contributed by atoms with Gasteiger partial charge in [0.05, 0.1) is 0 Å². The van der Waals surface area contributed by atoms with E-state index in [0.29, 0.717) is 0 Å². The summed E-state index contributed by atoms with van der Waals surface area (Å²) in [4.78, 5) is 0. The molecule has 0 bridgehead atoms. The van der Waals surface area contributed by atoms with Crippen LogP contribution in [-0.2, 0) is 0 Å². The van der Waals surface area contributed by atoms with E-state index in [1.807, 2.05) is 0 Å². The van der Waals surface area contributed by atoms with Gasteiger partial charge in [-0.15, -0.1) is 0 Å². The van der Waals surface area contributed by atoms with Crippen LogP contribution in [0.3, 0.4) is 0 Å². The summed E-state index contributed by atoms with van der Waals surface area (Å²) in [6, 6.07) is 0. The Kier molecular flexibility index (Phi) is 1.68. The molecule has 1 unspecified atom stereocenters. The first-order chi connectivity index (χ1) is 6.43. The summed E-state index contributed by atoms with van der Waals surface area (Å²) in [6.45, 7) is 0. The van der Waals surface area contributed by atoms with E-state index in [4.69, 9.17) is 0 Å². The van der Waals surface area contributed by atoms with E-state index in [1.54, 1.807) is 16.7 Å². The zero-order chi connectivity index (χ0) is 8.67. The average Bonchev–Trinajstić information content (AvgIpc) is 2.61. The summed E-state index contributed by atoms with van der Waals surface area (Å²) < 4.78 is 0. The molecule has 0 amide bonds. The maximum Gasteiger partial charge on any atom is -0.00915 e. The standard InChI is InChI=1S/C13H16/c1-2-5-11-9-13-7-3-6-12(13)8-10(11)4-1/h3,6,9-10H,1-2,4-5,7-8H2. The molecule has 0 heteroatoms. The lowest BCUT2D eigenvalue weighted by Crippen LogP contribution is -2.14. The second-order valence-electron chi connectivity index (χ2n) is 4.52. The highest BCUT2D eigenvalue weighted by Crippen LogP contribution is 2.41. The van der Waals surface area contributed by atoms with Crippen LogP contribution < -0.4 is 0 Å². The average molecular weight is 172 g/mol. The first-order valence-electron chi connectivity index (χ1n) is 5.52. The van der Waals surface area contributed by atoms with Gasteiger partial charge in [0.1, 0.15) is 0 Å². The Morgan fingerprint density at radius 3 is 3.15 bits per heavy atom. The van der Waals surface area contributed by atoms with Gasteiger partial charge in [-0.3, -0.25) is 0 Å². The Morgan fingerprint density at radius 2 is 2.15 bits per heavy atom. The fourth-order valence-corrected chi connectivity index (χ4v) is 2.94. The van der Waals surface area contributed by atoms with Crippen LogP contribution in [0.25, 0.3) is 0 Å². The molecule has 0 aromatic carbocycles. The predicted molar refractivity (Wildman–Crippen MR) is 55.4 cm³/mol. The lowest BCUT2D eigenvalue weighted by atomic mass is 9.76. The third-order valence-corrected chi connectivity index (χ3v) is 3.69. The third-order valence-electron chi connectivity index (χ3n) is 3.69. The molecular formula is C13H16. The minimum atomic E-state index is 0.912.